The molecule has 0 saturated carbocycles. The molecule has 0 aliphatic carbocycles. The molecule has 1 fully saturated rings. The standard InChI is InChI=1S/C21H28N2O7/c1-16(23-20(25)17-4-2-3-5-18(17)21(23)26)19(24)22-6-8-27-10-12-29-14-15-30-13-11-28-9-7-22/h2-5,16H,6-15H2,1H3/t16-/m0/s1. The SMILES string of the molecule is C[C@@H](C(=O)N1CCOCCOCCOCCOCC1)N1C(=O)c2ccccc2C1=O. The largest absolute Gasteiger partial charge is 0.377 e. The number of carbonyl (C=O) groups is 3. The summed E-state index contributed by atoms with van der Waals surface area (Å²) in [5, 5.41) is 0. The van der Waals surface area contributed by atoms with Gasteiger partial charge in [0.25, 0.3) is 11.8 Å². The molecule has 0 spiro atoms. The van der Waals surface area contributed by atoms with Crippen molar-refractivity contribution in [3.05, 3.63) is 35.4 Å². The first-order valence-corrected chi connectivity index (χ1v) is 10.2. The van der Waals surface area contributed by atoms with Crippen LogP contribution in [0, 0.1) is 0 Å². The Kier molecular flexibility index (Phi) is 8.32. The van der Waals surface area contributed by atoms with Crippen LogP contribution in [-0.2, 0) is 23.7 Å². The van der Waals surface area contributed by atoms with E-state index in [2.05, 4.69) is 0 Å². The Morgan fingerprint density at radius 3 is 1.60 bits per heavy atom. The fourth-order valence-corrected chi connectivity index (χ4v) is 3.38. The van der Waals surface area contributed by atoms with E-state index in [4.69, 9.17) is 18.9 Å². The second-order valence-electron chi connectivity index (χ2n) is 6.98. The highest BCUT2D eigenvalue weighted by molar-refractivity contribution is 6.22. The van der Waals surface area contributed by atoms with Gasteiger partial charge in [-0.05, 0) is 19.1 Å². The summed E-state index contributed by atoms with van der Waals surface area (Å²) in [6.07, 6.45) is 0. The maximum absolute atomic E-state index is 13.1. The van der Waals surface area contributed by atoms with Crippen LogP contribution < -0.4 is 0 Å². The van der Waals surface area contributed by atoms with Crippen LogP contribution in [0.1, 0.15) is 27.6 Å². The lowest BCUT2D eigenvalue weighted by Gasteiger charge is -2.29. The van der Waals surface area contributed by atoms with E-state index in [1.807, 2.05) is 0 Å². The molecule has 0 bridgehead atoms. The second-order valence-corrected chi connectivity index (χ2v) is 6.98. The zero-order valence-corrected chi connectivity index (χ0v) is 17.2. The van der Waals surface area contributed by atoms with Gasteiger partial charge in [-0.25, -0.2) is 0 Å². The number of rotatable bonds is 2. The molecular formula is C21H28N2O7. The summed E-state index contributed by atoms with van der Waals surface area (Å²) in [5.74, 6) is -1.22. The average molecular weight is 420 g/mol. The molecule has 0 unspecified atom stereocenters. The third-order valence-electron chi connectivity index (χ3n) is 5.01. The summed E-state index contributed by atoms with van der Waals surface area (Å²) in [6.45, 7) is 5.55. The van der Waals surface area contributed by atoms with Crippen LogP contribution in [0.4, 0.5) is 0 Å². The highest BCUT2D eigenvalue weighted by Gasteiger charge is 2.41. The van der Waals surface area contributed by atoms with Crippen LogP contribution in [0.3, 0.4) is 0 Å². The normalized spacial score (nSPS) is 21.0. The van der Waals surface area contributed by atoms with Crippen molar-refractivity contribution in [2.75, 3.05) is 65.9 Å². The Morgan fingerprint density at radius 2 is 1.17 bits per heavy atom. The molecule has 1 saturated heterocycles. The molecule has 1 aromatic carbocycles. The first-order chi connectivity index (χ1) is 14.6. The molecule has 0 aromatic heterocycles. The summed E-state index contributed by atoms with van der Waals surface area (Å²) in [5.41, 5.74) is 0.650. The second kappa shape index (κ2) is 11.2. The Bertz CT molecular complexity index is 704. The van der Waals surface area contributed by atoms with Crippen molar-refractivity contribution in [2.24, 2.45) is 0 Å². The number of benzene rings is 1. The maximum Gasteiger partial charge on any atom is 0.262 e. The van der Waals surface area contributed by atoms with Crippen molar-refractivity contribution < 1.29 is 33.3 Å². The van der Waals surface area contributed by atoms with Gasteiger partial charge < -0.3 is 23.8 Å². The van der Waals surface area contributed by atoms with Crippen molar-refractivity contribution in [2.45, 2.75) is 13.0 Å². The first-order valence-electron chi connectivity index (χ1n) is 10.2. The number of amides is 3. The molecule has 30 heavy (non-hydrogen) atoms. The minimum absolute atomic E-state index is 0.320. The van der Waals surface area contributed by atoms with Crippen LogP contribution in [0.15, 0.2) is 24.3 Å². The van der Waals surface area contributed by atoms with Gasteiger partial charge >= 0.3 is 0 Å². The van der Waals surface area contributed by atoms with Gasteiger partial charge in [-0.2, -0.15) is 0 Å². The number of hydrogen-bond donors (Lipinski definition) is 0. The molecular weight excluding hydrogens is 392 g/mol. The molecule has 3 amide bonds. The van der Waals surface area contributed by atoms with E-state index in [1.165, 1.54) is 0 Å². The van der Waals surface area contributed by atoms with Gasteiger partial charge in [0, 0.05) is 13.1 Å². The van der Waals surface area contributed by atoms with Crippen molar-refractivity contribution in [3.63, 3.8) is 0 Å². The minimum Gasteiger partial charge on any atom is -0.377 e. The van der Waals surface area contributed by atoms with Gasteiger partial charge in [-0.1, -0.05) is 12.1 Å². The highest BCUT2D eigenvalue weighted by Crippen LogP contribution is 2.25. The molecule has 9 nitrogen and oxygen atoms in total. The number of fused-ring (bicyclic) bond motifs is 1. The first kappa shape index (κ1) is 22.4. The molecule has 1 atom stereocenters. The molecule has 0 radical (unpaired) electrons. The van der Waals surface area contributed by atoms with E-state index < -0.39 is 17.9 Å². The summed E-state index contributed by atoms with van der Waals surface area (Å²) in [4.78, 5) is 41.1. The topological polar surface area (TPSA) is 94.6 Å². The van der Waals surface area contributed by atoms with Crippen molar-refractivity contribution >= 4 is 17.7 Å². The molecule has 2 aliphatic rings. The molecule has 1 aromatic rings. The molecule has 2 aliphatic heterocycles. The van der Waals surface area contributed by atoms with Crippen molar-refractivity contribution in [1.82, 2.24) is 9.80 Å². The molecule has 164 valence electrons. The van der Waals surface area contributed by atoms with E-state index in [9.17, 15) is 14.4 Å². The molecule has 2 heterocycles. The van der Waals surface area contributed by atoms with E-state index in [0.29, 0.717) is 77.1 Å². The number of ether oxygens (including phenoxy) is 4. The van der Waals surface area contributed by atoms with Crippen LogP contribution in [0.2, 0.25) is 0 Å². The highest BCUT2D eigenvalue weighted by atomic mass is 16.6. The lowest BCUT2D eigenvalue weighted by Crippen LogP contribution is -2.51. The monoisotopic (exact) mass is 420 g/mol. The van der Waals surface area contributed by atoms with Gasteiger partial charge in [0.2, 0.25) is 5.91 Å². The number of imide groups is 1. The molecule has 9 heteroatoms. The zero-order valence-electron chi connectivity index (χ0n) is 17.2. The fraction of sp³-hybridized carbons (Fsp3) is 0.571. The Morgan fingerprint density at radius 1 is 0.767 bits per heavy atom. The average Bonchev–Trinajstić information content (AvgIpc) is 3.00. The number of carbonyl (C=O) groups excluding carboxylic acids is 3. The van der Waals surface area contributed by atoms with E-state index in [-0.39, 0.29) is 5.91 Å². The van der Waals surface area contributed by atoms with Gasteiger partial charge in [-0.15, -0.1) is 0 Å². The summed E-state index contributed by atoms with van der Waals surface area (Å²) in [6, 6.07) is 5.68. The van der Waals surface area contributed by atoms with Crippen LogP contribution in [0.25, 0.3) is 0 Å². The lowest BCUT2D eigenvalue weighted by molar-refractivity contribution is -0.136. The van der Waals surface area contributed by atoms with Gasteiger partial charge in [-0.3, -0.25) is 19.3 Å². The lowest BCUT2D eigenvalue weighted by atomic mass is 10.1. The Labute approximate surface area is 175 Å². The summed E-state index contributed by atoms with van der Waals surface area (Å²) >= 11 is 0. The van der Waals surface area contributed by atoms with Crippen LogP contribution in [0.5, 0.6) is 0 Å². The Hall–Kier alpha value is -2.33. The predicted octanol–water partition coefficient (Wildman–Crippen LogP) is 0.580. The fourth-order valence-electron chi connectivity index (χ4n) is 3.38. The number of nitrogens with zero attached hydrogens (tertiary/aromatic N) is 2. The minimum atomic E-state index is -0.925. The van der Waals surface area contributed by atoms with Gasteiger partial charge in [0.1, 0.15) is 6.04 Å². The summed E-state index contributed by atoms with van der Waals surface area (Å²) < 4.78 is 21.9. The molecule has 0 N–H and O–H groups in total. The molecule has 3 rings (SSSR count). The van der Waals surface area contributed by atoms with Gasteiger partial charge in [0.05, 0.1) is 64.0 Å². The third-order valence-corrected chi connectivity index (χ3v) is 5.01. The van der Waals surface area contributed by atoms with Gasteiger partial charge in [0.15, 0.2) is 0 Å². The predicted molar refractivity (Wildman–Crippen MR) is 106 cm³/mol. The van der Waals surface area contributed by atoms with E-state index in [0.717, 1.165) is 4.90 Å². The van der Waals surface area contributed by atoms with E-state index >= 15 is 0 Å². The van der Waals surface area contributed by atoms with Crippen LogP contribution in [-0.4, -0.2) is 99.5 Å². The number of hydrogen-bond acceptors (Lipinski definition) is 7. The third kappa shape index (κ3) is 5.42. The van der Waals surface area contributed by atoms with Crippen molar-refractivity contribution in [1.29, 1.82) is 0 Å². The smallest absolute Gasteiger partial charge is 0.262 e. The van der Waals surface area contributed by atoms with Crippen LogP contribution >= 0.6 is 0 Å². The maximum atomic E-state index is 13.1. The quantitative estimate of drug-likeness (QED) is 0.646. The zero-order chi connectivity index (χ0) is 21.3. The Balaban J connectivity index is 1.64. The van der Waals surface area contributed by atoms with E-state index in [1.54, 1.807) is 36.1 Å². The van der Waals surface area contributed by atoms with Crippen molar-refractivity contribution in [3.8, 4) is 0 Å². The summed E-state index contributed by atoms with van der Waals surface area (Å²) in [7, 11) is 0.